The van der Waals surface area contributed by atoms with Crippen LogP contribution in [0.15, 0.2) is 0 Å². The van der Waals surface area contributed by atoms with Crippen LogP contribution in [0, 0.1) is 0 Å². The molecule has 1 heterocycles. The van der Waals surface area contributed by atoms with Crippen molar-refractivity contribution < 1.29 is 4.39 Å². The Balaban J connectivity index is 0.000000371. The van der Waals surface area contributed by atoms with Gasteiger partial charge >= 0.3 is 0 Å². The fraction of sp³-hybridized carbons (Fsp3) is 1.00. The molecule has 0 aromatic carbocycles. The Labute approximate surface area is 63.2 Å². The largest absolute Gasteiger partial charge is 0.303 e. The van der Waals surface area contributed by atoms with Gasteiger partial charge in [-0.25, -0.2) is 4.39 Å². The molecule has 1 aliphatic heterocycles. The number of nitrogens with zero attached hydrogens (tertiary/aromatic N) is 1. The molecule has 0 spiro atoms. The Morgan fingerprint density at radius 3 is 2.30 bits per heavy atom. The molecule has 1 nitrogen and oxygen atoms in total. The predicted octanol–water partition coefficient (Wildman–Crippen LogP) is 2.08. The first kappa shape index (κ1) is 9.89. The fourth-order valence-corrected chi connectivity index (χ4v) is 1.10. The number of alkyl halides is 1. The fourth-order valence-electron chi connectivity index (χ4n) is 1.10. The number of halogens is 1. The Hall–Kier alpha value is -0.110. The Morgan fingerprint density at radius 1 is 1.40 bits per heavy atom. The van der Waals surface area contributed by atoms with Gasteiger partial charge in [0.2, 0.25) is 0 Å². The summed E-state index contributed by atoms with van der Waals surface area (Å²) in [6.07, 6.45) is 1.23. The van der Waals surface area contributed by atoms with Gasteiger partial charge in [-0.1, -0.05) is 13.8 Å². The van der Waals surface area contributed by atoms with E-state index in [1.54, 1.807) is 0 Å². The highest BCUT2D eigenvalue weighted by molar-refractivity contribution is 4.68. The zero-order chi connectivity index (χ0) is 7.98. The maximum absolute atomic E-state index is 12.4. The van der Waals surface area contributed by atoms with Crippen molar-refractivity contribution in [2.75, 3.05) is 20.1 Å². The third-order valence-electron chi connectivity index (χ3n) is 1.57. The highest BCUT2D eigenvalue weighted by atomic mass is 19.1. The summed E-state index contributed by atoms with van der Waals surface area (Å²) in [6, 6.07) is 0. The molecule has 2 heteroatoms. The molecular formula is C8H18FN. The van der Waals surface area contributed by atoms with Crippen LogP contribution in [-0.2, 0) is 0 Å². The second kappa shape index (κ2) is 5.66. The van der Waals surface area contributed by atoms with E-state index in [2.05, 4.69) is 0 Å². The molecule has 62 valence electrons. The first-order valence-corrected chi connectivity index (χ1v) is 4.11. The molecule has 0 bridgehead atoms. The molecule has 1 fully saturated rings. The van der Waals surface area contributed by atoms with Crippen molar-refractivity contribution in [3.8, 4) is 0 Å². The lowest BCUT2D eigenvalue weighted by Gasteiger charge is -2.24. The minimum absolute atomic E-state index is 0.561. The molecule has 0 amide bonds. The summed E-state index contributed by atoms with van der Waals surface area (Å²) >= 11 is 0. The standard InChI is InChI=1S/C6H12FN.C2H6/c1-8-4-2-3-6(7)5-8;1-2/h6H,2-5H2,1H3;1-2H3/t6-;/m0./s1. The topological polar surface area (TPSA) is 3.24 Å². The van der Waals surface area contributed by atoms with Crippen molar-refractivity contribution >= 4 is 0 Å². The lowest BCUT2D eigenvalue weighted by Crippen LogP contribution is -2.32. The van der Waals surface area contributed by atoms with Crippen LogP contribution in [0.1, 0.15) is 26.7 Å². The summed E-state index contributed by atoms with van der Waals surface area (Å²) in [4.78, 5) is 2.04. The molecule has 1 atom stereocenters. The van der Waals surface area contributed by atoms with Gasteiger partial charge in [0.1, 0.15) is 6.17 Å². The van der Waals surface area contributed by atoms with Crippen molar-refractivity contribution in [1.82, 2.24) is 4.90 Å². The SMILES string of the molecule is CC.CN1CCC[C@H](F)C1. The number of hydrogen-bond donors (Lipinski definition) is 0. The first-order chi connectivity index (χ1) is 4.79. The van der Waals surface area contributed by atoms with Gasteiger partial charge in [-0.2, -0.15) is 0 Å². The quantitative estimate of drug-likeness (QED) is 0.507. The van der Waals surface area contributed by atoms with Gasteiger partial charge in [0.25, 0.3) is 0 Å². The van der Waals surface area contributed by atoms with Crippen LogP contribution in [0.4, 0.5) is 4.39 Å². The third-order valence-corrected chi connectivity index (χ3v) is 1.57. The normalized spacial score (nSPS) is 27.0. The summed E-state index contributed by atoms with van der Waals surface area (Å²) in [5, 5.41) is 0. The molecule has 0 saturated carbocycles. The van der Waals surface area contributed by atoms with Crippen LogP contribution in [0.25, 0.3) is 0 Å². The highest BCUT2D eigenvalue weighted by Gasteiger charge is 2.14. The summed E-state index contributed by atoms with van der Waals surface area (Å²) < 4.78 is 12.4. The monoisotopic (exact) mass is 147 g/mol. The van der Waals surface area contributed by atoms with Crippen LogP contribution in [0.5, 0.6) is 0 Å². The van der Waals surface area contributed by atoms with Crippen molar-refractivity contribution in [3.63, 3.8) is 0 Å². The summed E-state index contributed by atoms with van der Waals surface area (Å²) in [5.74, 6) is 0. The molecule has 1 aliphatic rings. The molecule has 0 N–H and O–H groups in total. The maximum atomic E-state index is 12.4. The second-order valence-corrected chi connectivity index (χ2v) is 2.50. The van der Waals surface area contributed by atoms with Gasteiger partial charge < -0.3 is 4.90 Å². The molecule has 1 rings (SSSR count). The summed E-state index contributed by atoms with van der Waals surface area (Å²) in [6.45, 7) is 5.71. The number of hydrogen-bond acceptors (Lipinski definition) is 1. The van der Waals surface area contributed by atoms with Crippen LogP contribution < -0.4 is 0 Å². The van der Waals surface area contributed by atoms with E-state index in [1.165, 1.54) is 0 Å². The van der Waals surface area contributed by atoms with Crippen LogP contribution in [0.2, 0.25) is 0 Å². The minimum Gasteiger partial charge on any atom is -0.303 e. The molecule has 1 saturated heterocycles. The number of piperidine rings is 1. The average Bonchev–Trinajstić information content (AvgIpc) is 1.91. The highest BCUT2D eigenvalue weighted by Crippen LogP contribution is 2.09. The van der Waals surface area contributed by atoms with E-state index in [4.69, 9.17) is 0 Å². The average molecular weight is 147 g/mol. The lowest BCUT2D eigenvalue weighted by atomic mass is 10.1. The zero-order valence-corrected chi connectivity index (χ0v) is 7.23. The van der Waals surface area contributed by atoms with Gasteiger partial charge in [-0.05, 0) is 26.4 Å². The van der Waals surface area contributed by atoms with Crippen molar-refractivity contribution in [2.45, 2.75) is 32.9 Å². The van der Waals surface area contributed by atoms with Crippen molar-refractivity contribution in [1.29, 1.82) is 0 Å². The third kappa shape index (κ3) is 3.83. The van der Waals surface area contributed by atoms with E-state index in [0.29, 0.717) is 6.54 Å². The lowest BCUT2D eigenvalue weighted by molar-refractivity contribution is 0.163. The van der Waals surface area contributed by atoms with Crippen LogP contribution >= 0.6 is 0 Å². The van der Waals surface area contributed by atoms with E-state index in [9.17, 15) is 4.39 Å². The molecule has 0 aromatic heterocycles. The van der Waals surface area contributed by atoms with E-state index >= 15 is 0 Å². The summed E-state index contributed by atoms with van der Waals surface area (Å²) in [7, 11) is 1.96. The van der Waals surface area contributed by atoms with E-state index < -0.39 is 6.17 Å². The zero-order valence-electron chi connectivity index (χ0n) is 7.23. The molecule has 0 aliphatic carbocycles. The summed E-state index contributed by atoms with van der Waals surface area (Å²) in [5.41, 5.74) is 0. The van der Waals surface area contributed by atoms with E-state index in [-0.39, 0.29) is 0 Å². The van der Waals surface area contributed by atoms with Crippen molar-refractivity contribution in [3.05, 3.63) is 0 Å². The Kier molecular flexibility index (Phi) is 5.60. The van der Waals surface area contributed by atoms with Crippen LogP contribution in [-0.4, -0.2) is 31.2 Å². The first-order valence-electron chi connectivity index (χ1n) is 4.11. The van der Waals surface area contributed by atoms with Crippen molar-refractivity contribution in [2.24, 2.45) is 0 Å². The number of likely N-dealkylation sites (tertiary alicyclic amines) is 1. The van der Waals surface area contributed by atoms with E-state index in [1.807, 2.05) is 25.8 Å². The maximum Gasteiger partial charge on any atom is 0.113 e. The second-order valence-electron chi connectivity index (χ2n) is 2.50. The van der Waals surface area contributed by atoms with E-state index in [0.717, 1.165) is 19.4 Å². The van der Waals surface area contributed by atoms with Gasteiger partial charge in [-0.15, -0.1) is 0 Å². The molecule has 0 radical (unpaired) electrons. The van der Waals surface area contributed by atoms with Gasteiger partial charge in [-0.3, -0.25) is 0 Å². The Morgan fingerprint density at radius 2 is 2.00 bits per heavy atom. The molecule has 0 aromatic rings. The molecule has 0 unspecified atom stereocenters. The smallest absolute Gasteiger partial charge is 0.113 e. The predicted molar refractivity (Wildman–Crippen MR) is 43.0 cm³/mol. The molecular weight excluding hydrogens is 129 g/mol. The minimum atomic E-state index is -0.561. The Bertz CT molecular complexity index is 67.7. The van der Waals surface area contributed by atoms with Gasteiger partial charge in [0, 0.05) is 6.54 Å². The molecule has 10 heavy (non-hydrogen) atoms. The van der Waals surface area contributed by atoms with Gasteiger partial charge in [0.15, 0.2) is 0 Å². The van der Waals surface area contributed by atoms with Gasteiger partial charge in [0.05, 0.1) is 0 Å². The van der Waals surface area contributed by atoms with Crippen LogP contribution in [0.3, 0.4) is 0 Å². The number of rotatable bonds is 0.